The first-order valence-corrected chi connectivity index (χ1v) is 12.9. The predicted molar refractivity (Wildman–Crippen MR) is 147 cm³/mol. The molecular formula is C31H46N2. The number of anilines is 2. The summed E-state index contributed by atoms with van der Waals surface area (Å²) >= 11 is 0. The third-order valence-electron chi connectivity index (χ3n) is 6.87. The van der Waals surface area contributed by atoms with Crippen molar-refractivity contribution < 1.29 is 0 Å². The Labute approximate surface area is 203 Å². The molecular weight excluding hydrogens is 400 g/mol. The highest BCUT2D eigenvalue weighted by molar-refractivity contribution is 5.72. The summed E-state index contributed by atoms with van der Waals surface area (Å²) < 4.78 is 0. The van der Waals surface area contributed by atoms with E-state index in [1.165, 1.54) is 39.3 Å². The molecule has 0 aromatic heterocycles. The van der Waals surface area contributed by atoms with Crippen LogP contribution in [0.4, 0.5) is 11.4 Å². The highest BCUT2D eigenvalue weighted by atomic mass is 15.4. The Bertz CT molecular complexity index is 950. The van der Waals surface area contributed by atoms with Crippen molar-refractivity contribution in [2.75, 3.05) is 16.5 Å². The molecule has 0 spiro atoms. The van der Waals surface area contributed by atoms with Crippen LogP contribution in [0.2, 0.25) is 0 Å². The van der Waals surface area contributed by atoms with Gasteiger partial charge in [0.2, 0.25) is 0 Å². The van der Waals surface area contributed by atoms with E-state index in [0.29, 0.717) is 23.7 Å². The number of nitrogens with zero attached hydrogens (tertiary/aromatic N) is 2. The summed E-state index contributed by atoms with van der Waals surface area (Å²) in [6, 6.07) is 13.8. The van der Waals surface area contributed by atoms with E-state index in [1.807, 2.05) is 0 Å². The minimum atomic E-state index is 0.0395. The zero-order valence-corrected chi connectivity index (χ0v) is 23.0. The van der Waals surface area contributed by atoms with Crippen molar-refractivity contribution in [2.45, 2.75) is 99.8 Å². The second kappa shape index (κ2) is 9.57. The van der Waals surface area contributed by atoms with Crippen molar-refractivity contribution >= 4 is 11.4 Å². The van der Waals surface area contributed by atoms with Crippen molar-refractivity contribution in [2.24, 2.45) is 5.41 Å². The predicted octanol–water partition coefficient (Wildman–Crippen LogP) is 9.35. The molecule has 1 heterocycles. The molecule has 0 fully saturated rings. The lowest BCUT2D eigenvalue weighted by atomic mass is 9.88. The third-order valence-corrected chi connectivity index (χ3v) is 6.87. The van der Waals surface area contributed by atoms with Gasteiger partial charge in [-0.3, -0.25) is 0 Å². The second-order valence-corrected chi connectivity index (χ2v) is 12.0. The first kappa shape index (κ1) is 25.4. The van der Waals surface area contributed by atoms with E-state index < -0.39 is 0 Å². The fourth-order valence-electron chi connectivity index (χ4n) is 5.08. The summed E-state index contributed by atoms with van der Waals surface area (Å²) in [7, 11) is 0. The van der Waals surface area contributed by atoms with Crippen LogP contribution in [0.15, 0.2) is 48.3 Å². The van der Waals surface area contributed by atoms with Crippen molar-refractivity contribution in [1.82, 2.24) is 0 Å². The Morgan fingerprint density at radius 3 is 1.30 bits per heavy atom. The molecule has 0 N–H and O–H groups in total. The smallest absolute Gasteiger partial charge is 0.0992 e. The van der Waals surface area contributed by atoms with Gasteiger partial charge in [0.1, 0.15) is 0 Å². The van der Waals surface area contributed by atoms with Crippen LogP contribution < -0.4 is 9.80 Å². The topological polar surface area (TPSA) is 6.48 Å². The molecule has 2 heteroatoms. The first-order valence-electron chi connectivity index (χ1n) is 12.9. The van der Waals surface area contributed by atoms with Crippen molar-refractivity contribution in [3.05, 3.63) is 70.5 Å². The minimum Gasteiger partial charge on any atom is -0.327 e. The van der Waals surface area contributed by atoms with Crippen molar-refractivity contribution in [3.63, 3.8) is 0 Å². The lowest BCUT2D eigenvalue weighted by Crippen LogP contribution is -2.33. The summed E-state index contributed by atoms with van der Waals surface area (Å²) in [6.45, 7) is 26.5. The van der Waals surface area contributed by atoms with Crippen LogP contribution in [-0.4, -0.2) is 6.67 Å². The number of benzene rings is 2. The minimum absolute atomic E-state index is 0.0395. The molecule has 0 atom stereocenters. The standard InChI is InChI=1S/C31H46N2/c1-20(2)24-14-12-15-25(21(3)4)29(24)32-18-28(31(9,10)11)33(19-32)30-26(22(5)6)16-13-17-27(30)23(7)8/h12-18,20-23H,19H2,1-11H3. The van der Waals surface area contributed by atoms with Crippen LogP contribution in [0.5, 0.6) is 0 Å². The molecule has 0 unspecified atom stereocenters. The van der Waals surface area contributed by atoms with Crippen LogP contribution in [0.25, 0.3) is 0 Å². The van der Waals surface area contributed by atoms with E-state index in [9.17, 15) is 0 Å². The lowest BCUT2D eigenvalue weighted by molar-refractivity contribution is 0.491. The Hall–Kier alpha value is -2.22. The molecule has 0 radical (unpaired) electrons. The quantitative estimate of drug-likeness (QED) is 0.436. The van der Waals surface area contributed by atoms with E-state index in [2.05, 4.69) is 129 Å². The summed E-state index contributed by atoms with van der Waals surface area (Å²) in [6.07, 6.45) is 2.44. The van der Waals surface area contributed by atoms with Gasteiger partial charge in [-0.1, -0.05) is 113 Å². The molecule has 1 aliphatic heterocycles. The van der Waals surface area contributed by atoms with Crippen LogP contribution in [0.1, 0.15) is 122 Å². The fraction of sp³-hybridized carbons (Fsp3) is 0.548. The molecule has 33 heavy (non-hydrogen) atoms. The van der Waals surface area contributed by atoms with Crippen LogP contribution in [0, 0.1) is 5.41 Å². The SMILES string of the molecule is CC(C)c1cccc(C(C)C)c1N1C=C(C(C)(C)C)N(c2c(C(C)C)cccc2C(C)C)C1. The number of para-hydroxylation sites is 2. The van der Waals surface area contributed by atoms with E-state index in [1.54, 1.807) is 0 Å². The molecule has 2 aromatic rings. The van der Waals surface area contributed by atoms with Gasteiger partial charge in [-0.05, 0) is 45.9 Å². The van der Waals surface area contributed by atoms with E-state index in [0.717, 1.165) is 6.67 Å². The van der Waals surface area contributed by atoms with E-state index in [-0.39, 0.29) is 5.41 Å². The Kier molecular flexibility index (Phi) is 7.36. The van der Waals surface area contributed by atoms with E-state index in [4.69, 9.17) is 0 Å². The maximum atomic E-state index is 2.62. The average Bonchev–Trinajstić information content (AvgIpc) is 3.17. The fourth-order valence-corrected chi connectivity index (χ4v) is 5.08. The number of allylic oxidation sites excluding steroid dienone is 1. The van der Waals surface area contributed by atoms with Crippen LogP contribution in [0.3, 0.4) is 0 Å². The Balaban J connectivity index is 2.25. The monoisotopic (exact) mass is 446 g/mol. The first-order chi connectivity index (χ1) is 15.3. The van der Waals surface area contributed by atoms with Gasteiger partial charge in [-0.25, -0.2) is 0 Å². The second-order valence-electron chi connectivity index (χ2n) is 12.0. The molecule has 0 saturated heterocycles. The number of hydrogen-bond acceptors (Lipinski definition) is 2. The lowest BCUT2D eigenvalue weighted by Gasteiger charge is -2.35. The van der Waals surface area contributed by atoms with Crippen molar-refractivity contribution in [1.29, 1.82) is 0 Å². The highest BCUT2D eigenvalue weighted by Crippen LogP contribution is 2.46. The molecule has 1 aliphatic rings. The van der Waals surface area contributed by atoms with Crippen LogP contribution >= 0.6 is 0 Å². The molecule has 0 bridgehead atoms. The molecule has 2 aromatic carbocycles. The summed E-state index contributed by atoms with van der Waals surface area (Å²) in [4.78, 5) is 5.15. The maximum absolute atomic E-state index is 2.62. The van der Waals surface area contributed by atoms with Gasteiger partial charge in [0.05, 0.1) is 6.67 Å². The summed E-state index contributed by atoms with van der Waals surface area (Å²) in [5, 5.41) is 0. The van der Waals surface area contributed by atoms with Gasteiger partial charge in [-0.15, -0.1) is 0 Å². The molecule has 0 amide bonds. The Morgan fingerprint density at radius 2 is 0.970 bits per heavy atom. The van der Waals surface area contributed by atoms with Gasteiger partial charge >= 0.3 is 0 Å². The molecule has 180 valence electrons. The molecule has 0 saturated carbocycles. The van der Waals surface area contributed by atoms with E-state index >= 15 is 0 Å². The highest BCUT2D eigenvalue weighted by Gasteiger charge is 2.35. The van der Waals surface area contributed by atoms with Crippen LogP contribution in [-0.2, 0) is 0 Å². The summed E-state index contributed by atoms with van der Waals surface area (Å²) in [5.41, 5.74) is 10.0. The molecule has 0 aliphatic carbocycles. The van der Waals surface area contributed by atoms with Gasteiger partial charge in [0.25, 0.3) is 0 Å². The average molecular weight is 447 g/mol. The van der Waals surface area contributed by atoms with Gasteiger partial charge in [0.15, 0.2) is 0 Å². The molecule has 3 rings (SSSR count). The van der Waals surface area contributed by atoms with Crippen molar-refractivity contribution in [3.8, 4) is 0 Å². The van der Waals surface area contributed by atoms with Gasteiger partial charge in [-0.2, -0.15) is 0 Å². The Morgan fingerprint density at radius 1 is 0.606 bits per heavy atom. The number of hydrogen-bond donors (Lipinski definition) is 0. The molecule has 2 nitrogen and oxygen atoms in total. The normalized spacial score (nSPS) is 14.9. The maximum Gasteiger partial charge on any atom is 0.0992 e. The largest absolute Gasteiger partial charge is 0.327 e. The summed E-state index contributed by atoms with van der Waals surface area (Å²) in [5.74, 6) is 1.91. The number of rotatable bonds is 6. The van der Waals surface area contributed by atoms with Gasteiger partial charge in [0, 0.05) is 28.7 Å². The van der Waals surface area contributed by atoms with Gasteiger partial charge < -0.3 is 9.80 Å². The zero-order valence-electron chi connectivity index (χ0n) is 23.0. The zero-order chi connectivity index (χ0) is 24.7. The third kappa shape index (κ3) is 5.00.